The SMILES string of the molecule is O=C(CCCc1nc(-c2ccc(F)cc2)no1)NCc1nc(-c2ccncc2)cs1. The largest absolute Gasteiger partial charge is 0.350 e. The third-order valence-electron chi connectivity index (χ3n) is 4.33. The van der Waals surface area contributed by atoms with Crippen LogP contribution in [0, 0.1) is 5.82 Å². The zero-order valence-electron chi connectivity index (χ0n) is 15.9. The number of nitrogens with one attached hydrogen (secondary N) is 1. The number of pyridine rings is 1. The minimum atomic E-state index is -0.320. The molecule has 4 rings (SSSR count). The fourth-order valence-electron chi connectivity index (χ4n) is 2.78. The van der Waals surface area contributed by atoms with Gasteiger partial charge in [0.2, 0.25) is 17.6 Å². The van der Waals surface area contributed by atoms with Crippen LogP contribution in [0.25, 0.3) is 22.6 Å². The maximum absolute atomic E-state index is 13.0. The van der Waals surface area contributed by atoms with Crippen molar-refractivity contribution < 1.29 is 13.7 Å². The number of amides is 1. The molecule has 152 valence electrons. The normalized spacial score (nSPS) is 10.8. The molecule has 0 spiro atoms. The highest BCUT2D eigenvalue weighted by molar-refractivity contribution is 7.09. The Morgan fingerprint density at radius 1 is 1.07 bits per heavy atom. The van der Waals surface area contributed by atoms with E-state index < -0.39 is 0 Å². The van der Waals surface area contributed by atoms with E-state index in [1.807, 2.05) is 17.5 Å². The van der Waals surface area contributed by atoms with Crippen molar-refractivity contribution in [1.82, 2.24) is 25.4 Å². The van der Waals surface area contributed by atoms with Gasteiger partial charge in [0.25, 0.3) is 0 Å². The van der Waals surface area contributed by atoms with Gasteiger partial charge in [-0.2, -0.15) is 4.98 Å². The molecule has 0 radical (unpaired) electrons. The minimum absolute atomic E-state index is 0.0612. The Bertz CT molecular complexity index is 1110. The van der Waals surface area contributed by atoms with Crippen LogP contribution in [-0.2, 0) is 17.8 Å². The summed E-state index contributed by atoms with van der Waals surface area (Å²) in [7, 11) is 0. The monoisotopic (exact) mass is 423 g/mol. The van der Waals surface area contributed by atoms with Gasteiger partial charge in [0, 0.05) is 41.7 Å². The Morgan fingerprint density at radius 2 is 1.87 bits per heavy atom. The number of hydrogen-bond acceptors (Lipinski definition) is 7. The molecule has 0 saturated carbocycles. The molecule has 7 nitrogen and oxygen atoms in total. The number of carbonyl (C=O) groups is 1. The van der Waals surface area contributed by atoms with Gasteiger partial charge in [-0.05, 0) is 42.8 Å². The molecule has 3 aromatic heterocycles. The average molecular weight is 423 g/mol. The van der Waals surface area contributed by atoms with Gasteiger partial charge in [-0.1, -0.05) is 5.16 Å². The summed E-state index contributed by atoms with van der Waals surface area (Å²) in [6, 6.07) is 9.68. The van der Waals surface area contributed by atoms with E-state index in [4.69, 9.17) is 4.52 Å². The van der Waals surface area contributed by atoms with Crippen molar-refractivity contribution in [2.45, 2.75) is 25.8 Å². The van der Waals surface area contributed by atoms with E-state index in [0.29, 0.717) is 43.1 Å². The standard InChI is InChI=1S/C21H18FN5O2S/c22-16-6-4-15(5-7-16)21-26-19(29-27-21)3-1-2-18(28)24-12-20-25-17(13-30-20)14-8-10-23-11-9-14/h4-11,13H,1-3,12H2,(H,24,28). The van der Waals surface area contributed by atoms with Crippen LogP contribution in [0.2, 0.25) is 0 Å². The van der Waals surface area contributed by atoms with Gasteiger partial charge in [-0.15, -0.1) is 11.3 Å². The fraction of sp³-hybridized carbons (Fsp3) is 0.190. The second-order valence-corrected chi connectivity index (χ2v) is 7.45. The molecule has 1 N–H and O–H groups in total. The second-order valence-electron chi connectivity index (χ2n) is 6.51. The molecule has 30 heavy (non-hydrogen) atoms. The molecular weight excluding hydrogens is 405 g/mol. The predicted octanol–water partition coefficient (Wildman–Crippen LogP) is 4.03. The number of carbonyl (C=O) groups excluding carboxylic acids is 1. The summed E-state index contributed by atoms with van der Waals surface area (Å²) in [5.74, 6) is 0.473. The first-order valence-electron chi connectivity index (χ1n) is 9.37. The topological polar surface area (TPSA) is 93.8 Å². The summed E-state index contributed by atoms with van der Waals surface area (Å²) in [6.45, 7) is 0.393. The number of rotatable bonds is 8. The Kier molecular flexibility index (Phi) is 6.19. The van der Waals surface area contributed by atoms with Gasteiger partial charge >= 0.3 is 0 Å². The van der Waals surface area contributed by atoms with Crippen LogP contribution in [0.5, 0.6) is 0 Å². The first-order valence-corrected chi connectivity index (χ1v) is 10.3. The Morgan fingerprint density at radius 3 is 2.67 bits per heavy atom. The lowest BCUT2D eigenvalue weighted by atomic mass is 10.2. The van der Waals surface area contributed by atoms with Gasteiger partial charge in [0.15, 0.2) is 0 Å². The van der Waals surface area contributed by atoms with Gasteiger partial charge in [-0.25, -0.2) is 9.37 Å². The fourth-order valence-corrected chi connectivity index (χ4v) is 3.53. The van der Waals surface area contributed by atoms with Crippen LogP contribution in [0.15, 0.2) is 58.7 Å². The summed E-state index contributed by atoms with van der Waals surface area (Å²) in [5, 5.41) is 9.59. The summed E-state index contributed by atoms with van der Waals surface area (Å²) in [4.78, 5) is 24.9. The zero-order chi connectivity index (χ0) is 20.8. The number of hydrogen-bond donors (Lipinski definition) is 1. The highest BCUT2D eigenvalue weighted by atomic mass is 32.1. The van der Waals surface area contributed by atoms with Gasteiger partial charge in [0.05, 0.1) is 12.2 Å². The van der Waals surface area contributed by atoms with Crippen LogP contribution in [0.4, 0.5) is 4.39 Å². The van der Waals surface area contributed by atoms with E-state index in [1.165, 1.54) is 23.5 Å². The van der Waals surface area contributed by atoms with Gasteiger partial charge in [-0.3, -0.25) is 9.78 Å². The molecule has 0 atom stereocenters. The maximum Gasteiger partial charge on any atom is 0.226 e. The highest BCUT2D eigenvalue weighted by Crippen LogP contribution is 2.21. The van der Waals surface area contributed by atoms with Crippen LogP contribution >= 0.6 is 11.3 Å². The maximum atomic E-state index is 13.0. The van der Waals surface area contributed by atoms with Crippen molar-refractivity contribution in [3.8, 4) is 22.6 Å². The van der Waals surface area contributed by atoms with Crippen molar-refractivity contribution in [3.05, 3.63) is 70.9 Å². The summed E-state index contributed by atoms with van der Waals surface area (Å²) >= 11 is 1.51. The van der Waals surface area contributed by atoms with Crippen molar-refractivity contribution in [1.29, 1.82) is 0 Å². The Labute approximate surface area is 176 Å². The molecule has 1 amide bonds. The summed E-state index contributed by atoms with van der Waals surface area (Å²) < 4.78 is 18.2. The number of halogens is 1. The molecule has 9 heteroatoms. The van der Waals surface area contributed by atoms with Crippen molar-refractivity contribution in [3.63, 3.8) is 0 Å². The molecule has 0 aliphatic rings. The molecule has 4 aromatic rings. The molecule has 0 aliphatic carbocycles. The lowest BCUT2D eigenvalue weighted by Crippen LogP contribution is -2.22. The lowest BCUT2D eigenvalue weighted by molar-refractivity contribution is -0.121. The van der Waals surface area contributed by atoms with Crippen molar-refractivity contribution in [2.75, 3.05) is 0 Å². The number of benzene rings is 1. The van der Waals surface area contributed by atoms with E-state index in [-0.39, 0.29) is 11.7 Å². The van der Waals surface area contributed by atoms with E-state index >= 15 is 0 Å². The molecular formula is C21H18FN5O2S. The van der Waals surface area contributed by atoms with E-state index in [9.17, 15) is 9.18 Å². The first kappa shape index (κ1) is 19.8. The van der Waals surface area contributed by atoms with Crippen LogP contribution in [-0.4, -0.2) is 26.0 Å². The quantitative estimate of drug-likeness (QED) is 0.460. The predicted molar refractivity (Wildman–Crippen MR) is 110 cm³/mol. The highest BCUT2D eigenvalue weighted by Gasteiger charge is 2.10. The number of nitrogens with zero attached hydrogens (tertiary/aromatic N) is 4. The third-order valence-corrected chi connectivity index (χ3v) is 5.18. The van der Waals surface area contributed by atoms with Crippen LogP contribution < -0.4 is 5.32 Å². The number of thiazole rings is 1. The molecule has 0 aliphatic heterocycles. The van der Waals surface area contributed by atoms with Crippen molar-refractivity contribution in [2.24, 2.45) is 0 Å². The van der Waals surface area contributed by atoms with Crippen molar-refractivity contribution >= 4 is 17.2 Å². The lowest BCUT2D eigenvalue weighted by Gasteiger charge is -2.02. The summed E-state index contributed by atoms with van der Waals surface area (Å²) in [6.07, 6.45) is 4.86. The smallest absolute Gasteiger partial charge is 0.226 e. The number of aryl methyl sites for hydroxylation is 1. The first-order chi connectivity index (χ1) is 14.7. The Hall–Kier alpha value is -3.46. The van der Waals surface area contributed by atoms with Gasteiger partial charge in [0.1, 0.15) is 10.8 Å². The van der Waals surface area contributed by atoms with Crippen LogP contribution in [0.3, 0.4) is 0 Å². The molecule has 0 unspecified atom stereocenters. The van der Waals surface area contributed by atoms with E-state index in [2.05, 4.69) is 25.4 Å². The van der Waals surface area contributed by atoms with Gasteiger partial charge < -0.3 is 9.84 Å². The van der Waals surface area contributed by atoms with Crippen LogP contribution in [0.1, 0.15) is 23.7 Å². The number of aromatic nitrogens is 4. The summed E-state index contributed by atoms with van der Waals surface area (Å²) in [5.41, 5.74) is 2.55. The van der Waals surface area contributed by atoms with E-state index in [0.717, 1.165) is 16.3 Å². The molecule has 0 fully saturated rings. The molecule has 0 saturated heterocycles. The average Bonchev–Trinajstić information content (AvgIpc) is 3.43. The minimum Gasteiger partial charge on any atom is -0.350 e. The molecule has 3 heterocycles. The third kappa shape index (κ3) is 5.12. The second kappa shape index (κ2) is 9.36. The Balaban J connectivity index is 1.21. The van der Waals surface area contributed by atoms with E-state index in [1.54, 1.807) is 24.5 Å². The molecule has 0 bridgehead atoms. The molecule has 1 aromatic carbocycles. The zero-order valence-corrected chi connectivity index (χ0v) is 16.7.